The van der Waals surface area contributed by atoms with Crippen LogP contribution in [0.5, 0.6) is 5.75 Å². The molecule has 0 bridgehead atoms. The largest absolute Gasteiger partial charge is 0.497 e. The number of thioether (sulfide) groups is 1. The fourth-order valence-corrected chi connectivity index (χ4v) is 5.51. The third-order valence-corrected chi connectivity index (χ3v) is 7.43. The lowest BCUT2D eigenvalue weighted by atomic mass is 9.93. The van der Waals surface area contributed by atoms with Crippen LogP contribution in [0.25, 0.3) is 0 Å². The Hall–Kier alpha value is -3.21. The van der Waals surface area contributed by atoms with Gasteiger partial charge in [-0.1, -0.05) is 54.9 Å². The van der Waals surface area contributed by atoms with Crippen molar-refractivity contribution >= 4 is 63.5 Å². The summed E-state index contributed by atoms with van der Waals surface area (Å²) < 4.78 is 20.4. The Kier molecular flexibility index (Phi) is 8.86. The molecule has 1 aromatic heterocycles. The van der Waals surface area contributed by atoms with Gasteiger partial charge in [0.2, 0.25) is 11.8 Å². The standard InChI is InChI=1S/C26H24Cl2FN5O3S/c1-14(2)24(17-6-4-15(27)10-19(17)29)34-25(36)21(12-23(35)33-22-13-30-8-9-31-22)38-26(34)32-20-11-16(37-3)5-7-18(20)28/h4-11,13-14,21,24H,12H2,1-3H3,(H,31,33,35). The van der Waals surface area contributed by atoms with Gasteiger partial charge in [-0.25, -0.2) is 14.4 Å². The highest BCUT2D eigenvalue weighted by atomic mass is 35.5. The summed E-state index contributed by atoms with van der Waals surface area (Å²) in [5.41, 5.74) is 0.655. The number of rotatable bonds is 8. The van der Waals surface area contributed by atoms with Gasteiger partial charge in [0.05, 0.1) is 30.1 Å². The van der Waals surface area contributed by atoms with Crippen molar-refractivity contribution < 1.29 is 18.7 Å². The quantitative estimate of drug-likeness (QED) is 0.339. The van der Waals surface area contributed by atoms with Crippen molar-refractivity contribution in [3.63, 3.8) is 0 Å². The van der Waals surface area contributed by atoms with E-state index in [9.17, 15) is 9.59 Å². The molecule has 38 heavy (non-hydrogen) atoms. The molecule has 1 aliphatic rings. The number of aliphatic imine (C=N–C) groups is 1. The number of benzene rings is 2. The average Bonchev–Trinajstić information content (AvgIpc) is 3.16. The van der Waals surface area contributed by atoms with Crippen LogP contribution in [0.15, 0.2) is 60.0 Å². The van der Waals surface area contributed by atoms with Crippen molar-refractivity contribution in [3.05, 3.63) is 76.4 Å². The van der Waals surface area contributed by atoms with Crippen LogP contribution in [0.1, 0.15) is 31.9 Å². The van der Waals surface area contributed by atoms with E-state index in [2.05, 4.69) is 20.3 Å². The molecule has 8 nitrogen and oxygen atoms in total. The molecule has 1 N–H and O–H groups in total. The maximum atomic E-state index is 15.1. The lowest BCUT2D eigenvalue weighted by molar-refractivity contribution is -0.130. The number of aromatic nitrogens is 2. The number of anilines is 1. The number of hydrogen-bond donors (Lipinski definition) is 1. The third kappa shape index (κ3) is 6.25. The minimum atomic E-state index is -0.814. The molecule has 1 saturated heterocycles. The summed E-state index contributed by atoms with van der Waals surface area (Å²) in [5, 5.41) is 2.70. The molecular formula is C26H24Cl2FN5O3S. The molecule has 3 aromatic rings. The topological polar surface area (TPSA) is 96.8 Å². The van der Waals surface area contributed by atoms with Gasteiger partial charge in [-0.05, 0) is 30.2 Å². The van der Waals surface area contributed by atoms with Crippen LogP contribution in [-0.2, 0) is 9.59 Å². The zero-order valence-corrected chi connectivity index (χ0v) is 23.0. The van der Waals surface area contributed by atoms with Gasteiger partial charge in [0, 0.05) is 35.5 Å². The van der Waals surface area contributed by atoms with Gasteiger partial charge in [-0.2, -0.15) is 0 Å². The van der Waals surface area contributed by atoms with Crippen molar-refractivity contribution in [3.8, 4) is 5.75 Å². The minimum Gasteiger partial charge on any atom is -0.497 e. The maximum Gasteiger partial charge on any atom is 0.243 e. The van der Waals surface area contributed by atoms with Crippen molar-refractivity contribution in [1.29, 1.82) is 0 Å². The number of carbonyl (C=O) groups is 2. The maximum absolute atomic E-state index is 15.1. The van der Waals surface area contributed by atoms with Crippen molar-refractivity contribution in [2.24, 2.45) is 10.9 Å². The fourth-order valence-electron chi connectivity index (χ4n) is 4.02. The lowest BCUT2D eigenvalue weighted by Gasteiger charge is -2.31. The summed E-state index contributed by atoms with van der Waals surface area (Å²) >= 11 is 13.5. The normalized spacial score (nSPS) is 17.2. The summed E-state index contributed by atoms with van der Waals surface area (Å²) in [7, 11) is 1.52. The van der Waals surface area contributed by atoms with E-state index < -0.39 is 23.0 Å². The Morgan fingerprint density at radius 2 is 2.03 bits per heavy atom. The van der Waals surface area contributed by atoms with Crippen molar-refractivity contribution in [1.82, 2.24) is 14.9 Å². The molecule has 0 aliphatic carbocycles. The van der Waals surface area contributed by atoms with Crippen LogP contribution in [-0.4, -0.2) is 44.2 Å². The molecule has 1 aliphatic heterocycles. The molecule has 2 atom stereocenters. The second kappa shape index (κ2) is 12.1. The van der Waals surface area contributed by atoms with E-state index in [4.69, 9.17) is 27.9 Å². The highest BCUT2D eigenvalue weighted by molar-refractivity contribution is 8.15. The zero-order chi connectivity index (χ0) is 27.4. The van der Waals surface area contributed by atoms with Gasteiger partial charge in [0.15, 0.2) is 11.0 Å². The molecule has 198 valence electrons. The first kappa shape index (κ1) is 27.8. The summed E-state index contributed by atoms with van der Waals surface area (Å²) in [6.07, 6.45) is 4.18. The molecule has 2 unspecified atom stereocenters. The number of amides is 2. The van der Waals surface area contributed by atoms with E-state index >= 15 is 4.39 Å². The highest BCUT2D eigenvalue weighted by Gasteiger charge is 2.45. The molecule has 0 saturated carbocycles. The first-order valence-electron chi connectivity index (χ1n) is 11.6. The summed E-state index contributed by atoms with van der Waals surface area (Å²) in [6, 6.07) is 8.59. The molecular weight excluding hydrogens is 552 g/mol. The number of halogens is 3. The fraction of sp³-hybridized carbons (Fsp3) is 0.269. The predicted molar refractivity (Wildman–Crippen MR) is 148 cm³/mol. The number of carbonyl (C=O) groups excluding carboxylic acids is 2. The third-order valence-electron chi connectivity index (χ3n) is 5.73. The second-order valence-electron chi connectivity index (χ2n) is 8.72. The van der Waals surface area contributed by atoms with E-state index in [1.807, 2.05) is 13.8 Å². The number of nitrogens with zero attached hydrogens (tertiary/aromatic N) is 4. The SMILES string of the molecule is COc1ccc(Cl)c(N=C2SC(CC(=O)Nc3cnccn3)C(=O)N2C(c2ccc(Cl)cc2F)C(C)C)c1. The number of hydrogen-bond acceptors (Lipinski definition) is 7. The summed E-state index contributed by atoms with van der Waals surface area (Å²) in [4.78, 5) is 40.7. The number of amidine groups is 1. The van der Waals surface area contributed by atoms with Crippen LogP contribution in [0, 0.1) is 11.7 Å². The van der Waals surface area contributed by atoms with E-state index in [0.29, 0.717) is 16.5 Å². The van der Waals surface area contributed by atoms with Crippen LogP contribution in [0.3, 0.4) is 0 Å². The molecule has 12 heteroatoms. The van der Waals surface area contributed by atoms with E-state index in [1.54, 1.807) is 30.3 Å². The Balaban J connectivity index is 1.74. The Labute approximate surface area is 233 Å². The second-order valence-corrected chi connectivity index (χ2v) is 10.7. The van der Waals surface area contributed by atoms with Gasteiger partial charge < -0.3 is 10.1 Å². The number of ether oxygens (including phenoxy) is 1. The van der Waals surface area contributed by atoms with Crippen LogP contribution < -0.4 is 10.1 Å². The van der Waals surface area contributed by atoms with Gasteiger partial charge in [-0.15, -0.1) is 0 Å². The summed E-state index contributed by atoms with van der Waals surface area (Å²) in [5.74, 6) is -0.764. The van der Waals surface area contributed by atoms with Gasteiger partial charge in [0.25, 0.3) is 0 Å². The average molecular weight is 576 g/mol. The number of nitrogens with one attached hydrogen (secondary N) is 1. The molecule has 0 radical (unpaired) electrons. The zero-order valence-electron chi connectivity index (χ0n) is 20.7. The molecule has 2 amide bonds. The Bertz CT molecular complexity index is 1380. The molecule has 2 heterocycles. The molecule has 1 fully saturated rings. The molecule has 0 spiro atoms. The van der Waals surface area contributed by atoms with Crippen LogP contribution in [0.2, 0.25) is 10.0 Å². The smallest absolute Gasteiger partial charge is 0.243 e. The minimum absolute atomic E-state index is 0.157. The first-order valence-corrected chi connectivity index (χ1v) is 13.2. The van der Waals surface area contributed by atoms with Crippen LogP contribution in [0.4, 0.5) is 15.9 Å². The van der Waals surface area contributed by atoms with Gasteiger partial charge in [-0.3, -0.25) is 19.5 Å². The molecule has 4 rings (SSSR count). The van der Waals surface area contributed by atoms with Crippen LogP contribution >= 0.6 is 35.0 Å². The van der Waals surface area contributed by atoms with Crippen molar-refractivity contribution in [2.75, 3.05) is 12.4 Å². The van der Waals surface area contributed by atoms with E-state index in [0.717, 1.165) is 11.8 Å². The molecule has 2 aromatic carbocycles. The van der Waals surface area contributed by atoms with Gasteiger partial charge >= 0.3 is 0 Å². The Morgan fingerprint density at radius 1 is 1.24 bits per heavy atom. The number of methoxy groups -OCH3 is 1. The Morgan fingerprint density at radius 3 is 2.68 bits per heavy atom. The highest BCUT2D eigenvalue weighted by Crippen LogP contribution is 2.42. The monoisotopic (exact) mass is 575 g/mol. The summed E-state index contributed by atoms with van der Waals surface area (Å²) in [6.45, 7) is 3.75. The lowest BCUT2D eigenvalue weighted by Crippen LogP contribution is -2.39. The van der Waals surface area contributed by atoms with Crippen molar-refractivity contribution in [2.45, 2.75) is 31.6 Å². The van der Waals surface area contributed by atoms with Gasteiger partial charge in [0.1, 0.15) is 16.8 Å². The predicted octanol–water partition coefficient (Wildman–Crippen LogP) is 6.29. The van der Waals surface area contributed by atoms with E-state index in [1.165, 1.54) is 36.7 Å². The first-order chi connectivity index (χ1) is 18.2. The van der Waals surface area contributed by atoms with E-state index in [-0.39, 0.29) is 39.8 Å².